The van der Waals surface area contributed by atoms with Crippen LogP contribution in [0.25, 0.3) is 22.4 Å². The van der Waals surface area contributed by atoms with Gasteiger partial charge in [-0.2, -0.15) is 0 Å². The molecule has 1 aliphatic rings. The molecule has 3 heterocycles. The summed E-state index contributed by atoms with van der Waals surface area (Å²) in [4.78, 5) is 35.3. The van der Waals surface area contributed by atoms with E-state index >= 15 is 0 Å². The van der Waals surface area contributed by atoms with E-state index in [-0.39, 0.29) is 29.1 Å². The fraction of sp³-hybridized carbons (Fsp3) is 0.208. The number of rotatable bonds is 4. The van der Waals surface area contributed by atoms with Crippen LogP contribution in [-0.2, 0) is 4.79 Å². The predicted molar refractivity (Wildman–Crippen MR) is 123 cm³/mol. The largest absolute Gasteiger partial charge is 0.338 e. The third-order valence-electron chi connectivity index (χ3n) is 5.74. The summed E-state index contributed by atoms with van der Waals surface area (Å²) >= 11 is 1.39. The highest BCUT2D eigenvalue weighted by Gasteiger charge is 2.29. The number of fused-ring (bicyclic) bond motifs is 1. The van der Waals surface area contributed by atoms with Crippen molar-refractivity contribution in [3.8, 4) is 11.4 Å². The summed E-state index contributed by atoms with van der Waals surface area (Å²) < 4.78 is 27.7. The SMILES string of the molecule is O=C(Nc1ccc2nc(-c3cc(F)ccc3F)[nH]c2c1)C1CCCN(C(=O)c2cccs2)C1. The van der Waals surface area contributed by atoms with Gasteiger partial charge in [-0.1, -0.05) is 6.07 Å². The number of carbonyl (C=O) groups excluding carboxylic acids is 2. The molecule has 33 heavy (non-hydrogen) atoms. The molecule has 2 N–H and O–H groups in total. The molecule has 0 spiro atoms. The molecule has 4 aromatic rings. The molecule has 2 aromatic carbocycles. The lowest BCUT2D eigenvalue weighted by molar-refractivity contribution is -0.121. The van der Waals surface area contributed by atoms with E-state index in [0.717, 1.165) is 24.6 Å². The van der Waals surface area contributed by atoms with Crippen LogP contribution in [0.3, 0.4) is 0 Å². The van der Waals surface area contributed by atoms with Crippen molar-refractivity contribution in [2.24, 2.45) is 5.92 Å². The van der Waals surface area contributed by atoms with Gasteiger partial charge in [0.1, 0.15) is 17.5 Å². The summed E-state index contributed by atoms with van der Waals surface area (Å²) in [6.07, 6.45) is 1.46. The Labute approximate surface area is 192 Å². The fourth-order valence-corrected chi connectivity index (χ4v) is 4.76. The third kappa shape index (κ3) is 4.36. The van der Waals surface area contributed by atoms with Crippen molar-refractivity contribution in [3.05, 3.63) is 70.4 Å². The number of amides is 2. The van der Waals surface area contributed by atoms with E-state index in [1.165, 1.54) is 11.3 Å². The number of piperidine rings is 1. The Kier molecular flexibility index (Phi) is 5.63. The van der Waals surface area contributed by atoms with Crippen LogP contribution in [0.4, 0.5) is 14.5 Å². The first-order chi connectivity index (χ1) is 16.0. The molecule has 5 rings (SSSR count). The maximum absolute atomic E-state index is 14.1. The van der Waals surface area contributed by atoms with E-state index in [0.29, 0.717) is 41.1 Å². The summed E-state index contributed by atoms with van der Waals surface area (Å²) in [5.41, 5.74) is 1.75. The Morgan fingerprint density at radius 3 is 2.85 bits per heavy atom. The third-order valence-corrected chi connectivity index (χ3v) is 6.60. The van der Waals surface area contributed by atoms with Gasteiger partial charge in [0.25, 0.3) is 5.91 Å². The minimum atomic E-state index is -0.581. The monoisotopic (exact) mass is 466 g/mol. The van der Waals surface area contributed by atoms with Crippen molar-refractivity contribution in [1.82, 2.24) is 14.9 Å². The zero-order valence-corrected chi connectivity index (χ0v) is 18.3. The summed E-state index contributed by atoms with van der Waals surface area (Å²) in [7, 11) is 0. The van der Waals surface area contributed by atoms with Gasteiger partial charge < -0.3 is 15.2 Å². The molecule has 1 saturated heterocycles. The van der Waals surface area contributed by atoms with E-state index in [9.17, 15) is 18.4 Å². The van der Waals surface area contributed by atoms with Gasteiger partial charge in [-0.15, -0.1) is 11.3 Å². The molecule has 168 valence electrons. The van der Waals surface area contributed by atoms with Crippen LogP contribution in [0.15, 0.2) is 53.9 Å². The lowest BCUT2D eigenvalue weighted by Crippen LogP contribution is -2.43. The molecular weight excluding hydrogens is 446 g/mol. The first-order valence-corrected chi connectivity index (χ1v) is 11.4. The minimum absolute atomic E-state index is 0.0366. The zero-order valence-electron chi connectivity index (χ0n) is 17.5. The van der Waals surface area contributed by atoms with Gasteiger partial charge in [-0.05, 0) is 60.7 Å². The Morgan fingerprint density at radius 1 is 1.15 bits per heavy atom. The number of anilines is 1. The zero-order chi connectivity index (χ0) is 22.9. The van der Waals surface area contributed by atoms with Gasteiger partial charge >= 0.3 is 0 Å². The highest BCUT2D eigenvalue weighted by atomic mass is 32.1. The van der Waals surface area contributed by atoms with E-state index in [1.54, 1.807) is 29.2 Å². The summed E-state index contributed by atoms with van der Waals surface area (Å²) in [5.74, 6) is -1.44. The Morgan fingerprint density at radius 2 is 2.03 bits per heavy atom. The number of carbonyl (C=O) groups is 2. The average molecular weight is 467 g/mol. The average Bonchev–Trinajstić information content (AvgIpc) is 3.50. The van der Waals surface area contributed by atoms with Gasteiger partial charge in [-0.3, -0.25) is 9.59 Å². The van der Waals surface area contributed by atoms with Crippen molar-refractivity contribution in [2.75, 3.05) is 18.4 Å². The number of halogens is 2. The molecule has 9 heteroatoms. The Hall–Kier alpha value is -3.59. The molecule has 0 bridgehead atoms. The number of hydrogen-bond acceptors (Lipinski definition) is 4. The van der Waals surface area contributed by atoms with E-state index in [4.69, 9.17) is 0 Å². The van der Waals surface area contributed by atoms with Crippen molar-refractivity contribution in [2.45, 2.75) is 12.8 Å². The Bertz CT molecular complexity index is 1340. The standard InChI is InChI=1S/C24H20F2N4O2S/c25-15-5-7-18(26)17(11-15)22-28-19-8-6-16(12-20(19)29-22)27-23(31)14-3-1-9-30(13-14)24(32)21-4-2-10-33-21/h2,4-8,10-12,14H,1,3,9,13H2,(H,27,31)(H,28,29). The molecule has 0 radical (unpaired) electrons. The molecule has 6 nitrogen and oxygen atoms in total. The quantitative estimate of drug-likeness (QED) is 0.441. The number of nitrogens with zero attached hydrogens (tertiary/aromatic N) is 2. The number of H-pyrrole nitrogens is 1. The van der Waals surface area contributed by atoms with Crippen LogP contribution in [0.1, 0.15) is 22.5 Å². The van der Waals surface area contributed by atoms with Crippen molar-refractivity contribution in [3.63, 3.8) is 0 Å². The van der Waals surface area contributed by atoms with Crippen molar-refractivity contribution >= 4 is 39.9 Å². The number of nitrogens with one attached hydrogen (secondary N) is 2. The maximum Gasteiger partial charge on any atom is 0.263 e. The number of aromatic nitrogens is 2. The molecule has 2 amide bonds. The number of hydrogen-bond donors (Lipinski definition) is 2. The summed E-state index contributed by atoms with van der Waals surface area (Å²) in [6.45, 7) is 1.01. The Balaban J connectivity index is 1.31. The minimum Gasteiger partial charge on any atom is -0.338 e. The van der Waals surface area contributed by atoms with Crippen molar-refractivity contribution < 1.29 is 18.4 Å². The second-order valence-corrected chi connectivity index (χ2v) is 8.95. The topological polar surface area (TPSA) is 78.1 Å². The maximum atomic E-state index is 14.1. The molecule has 2 aromatic heterocycles. The smallest absolute Gasteiger partial charge is 0.263 e. The lowest BCUT2D eigenvalue weighted by Gasteiger charge is -2.31. The first kappa shape index (κ1) is 21.3. The highest BCUT2D eigenvalue weighted by molar-refractivity contribution is 7.12. The molecule has 0 saturated carbocycles. The number of likely N-dealkylation sites (tertiary alicyclic amines) is 1. The number of thiophene rings is 1. The molecule has 1 atom stereocenters. The molecule has 1 unspecified atom stereocenters. The molecular formula is C24H20F2N4O2S. The normalized spacial score (nSPS) is 16.2. The van der Waals surface area contributed by atoms with Crippen LogP contribution in [0.5, 0.6) is 0 Å². The van der Waals surface area contributed by atoms with Gasteiger partial charge in [0.15, 0.2) is 0 Å². The summed E-state index contributed by atoms with van der Waals surface area (Å²) in [6, 6.07) is 11.9. The second-order valence-electron chi connectivity index (χ2n) is 8.00. The van der Waals surface area contributed by atoms with Gasteiger partial charge in [-0.25, -0.2) is 13.8 Å². The number of benzene rings is 2. The lowest BCUT2D eigenvalue weighted by atomic mass is 9.97. The molecule has 0 aliphatic carbocycles. The summed E-state index contributed by atoms with van der Waals surface area (Å²) in [5, 5.41) is 4.77. The van der Waals surface area contributed by atoms with E-state index in [2.05, 4.69) is 15.3 Å². The van der Waals surface area contributed by atoms with Gasteiger partial charge in [0.05, 0.1) is 27.4 Å². The predicted octanol–water partition coefficient (Wildman–Crippen LogP) is 5.06. The van der Waals surface area contributed by atoms with Crippen LogP contribution in [0.2, 0.25) is 0 Å². The van der Waals surface area contributed by atoms with Gasteiger partial charge in [0, 0.05) is 18.8 Å². The van der Waals surface area contributed by atoms with Crippen molar-refractivity contribution in [1.29, 1.82) is 0 Å². The van der Waals surface area contributed by atoms with Crippen LogP contribution in [-0.4, -0.2) is 39.8 Å². The first-order valence-electron chi connectivity index (χ1n) is 10.6. The molecule has 1 aliphatic heterocycles. The van der Waals surface area contributed by atoms with Crippen LogP contribution >= 0.6 is 11.3 Å². The highest BCUT2D eigenvalue weighted by Crippen LogP contribution is 2.27. The van der Waals surface area contributed by atoms with E-state index < -0.39 is 11.6 Å². The second kappa shape index (κ2) is 8.74. The van der Waals surface area contributed by atoms with Crippen LogP contribution in [0, 0.1) is 17.6 Å². The number of imidazole rings is 1. The fourth-order valence-electron chi connectivity index (χ4n) is 4.07. The van der Waals surface area contributed by atoms with Crippen LogP contribution < -0.4 is 5.32 Å². The molecule has 1 fully saturated rings. The number of aromatic amines is 1. The van der Waals surface area contributed by atoms with E-state index in [1.807, 2.05) is 11.4 Å². The van der Waals surface area contributed by atoms with Gasteiger partial charge in [0.2, 0.25) is 5.91 Å².